The average molecular weight is 983 g/mol. The summed E-state index contributed by atoms with van der Waals surface area (Å²) in [7, 11) is -16.4. The summed E-state index contributed by atoms with van der Waals surface area (Å²) in [5, 5.41) is 67.7. The molecule has 6 rings (SSSR count). The Labute approximate surface area is 350 Å². The third-order valence-electron chi connectivity index (χ3n) is 10.9. The Morgan fingerprint density at radius 1 is 0.508 bits per heavy atom. The topological polar surface area (TPSA) is 364 Å². The molecule has 0 amide bonds. The van der Waals surface area contributed by atoms with E-state index in [2.05, 4.69) is 13.1 Å². The second-order valence-electron chi connectivity index (χ2n) is 14.7. The molecule has 6 fully saturated rings. The van der Waals surface area contributed by atoms with Gasteiger partial charge in [-0.05, 0) is 64.0 Å². The van der Waals surface area contributed by atoms with Crippen molar-refractivity contribution in [2.45, 2.75) is 159 Å². The Morgan fingerprint density at radius 2 is 0.814 bits per heavy atom. The van der Waals surface area contributed by atoms with Gasteiger partial charge in [-0.2, -0.15) is 8.62 Å². The molecular weight excluding hydrogens is 925 g/mol. The van der Waals surface area contributed by atoms with Crippen LogP contribution >= 0.6 is 52.0 Å². The molecule has 0 spiro atoms. The molecule has 0 aromatic heterocycles. The van der Waals surface area contributed by atoms with Crippen LogP contribution in [0.3, 0.4) is 0 Å². The van der Waals surface area contributed by atoms with Gasteiger partial charge < -0.3 is 74.1 Å². The molecule has 6 saturated heterocycles. The fraction of sp³-hybridized carbons (Fsp3) is 1.00. The number of nitrogens with zero attached hydrogens (tertiary/aromatic N) is 3. The van der Waals surface area contributed by atoms with E-state index >= 15 is 0 Å². The van der Waals surface area contributed by atoms with Crippen molar-refractivity contribution >= 4 is 52.0 Å². The van der Waals surface area contributed by atoms with Gasteiger partial charge in [0.15, 0.2) is 0 Å². The predicted octanol–water partition coefficient (Wildman–Crippen LogP) is -0.849. The molecule has 6 aliphatic heterocycles. The van der Waals surface area contributed by atoms with Gasteiger partial charge in [-0.15, -0.1) is 0 Å². The molecule has 0 aromatic carbocycles. The number of aliphatic hydroxyl groups is 7. The van der Waals surface area contributed by atoms with Gasteiger partial charge in [-0.1, -0.05) is 7.43 Å². The zero-order valence-electron chi connectivity index (χ0n) is 31.8. The van der Waals surface area contributed by atoms with Gasteiger partial charge in [0.05, 0.1) is 19.8 Å². The van der Waals surface area contributed by atoms with Gasteiger partial charge in [0, 0.05) is 36.3 Å². The zero-order valence-corrected chi connectivity index (χ0v) is 36.9. The van der Waals surface area contributed by atoms with Crippen molar-refractivity contribution in [2.24, 2.45) is 0 Å². The normalized spacial score (nSPS) is 47.1. The molecule has 20 unspecified atom stereocenters. The minimum atomic E-state index is -5.62. The van der Waals surface area contributed by atoms with Gasteiger partial charge in [0.1, 0.15) is 73.6 Å². The van der Waals surface area contributed by atoms with E-state index < -0.39 is 110 Å². The maximum atomic E-state index is 11.6. The van der Waals surface area contributed by atoms with Crippen molar-refractivity contribution in [3.8, 4) is 0 Å². The van der Waals surface area contributed by atoms with Gasteiger partial charge >= 0.3 is 29.5 Å². The molecule has 20 atom stereocenters. The van der Waals surface area contributed by atoms with Crippen LogP contribution in [0.15, 0.2) is 0 Å². The van der Waals surface area contributed by atoms with Crippen molar-refractivity contribution in [1.29, 1.82) is 0 Å². The largest absolute Gasteiger partial charge is 0.490 e. The molecular formula is C28H57Cl2N3O22P4. The number of phosphoric acid groups is 3. The van der Waals surface area contributed by atoms with Crippen LogP contribution in [0.2, 0.25) is 0 Å². The standard InChI is InChI=1S/C9H16Cl2NO5P.C9H20NO13P3.C9H17NO4.CH4/c1-4-5(2)12(4)9-8(14)7(13)6(17-9)3-16-18(10,11)15;1-4-5(2)10(4)9-8(12)7(11)6(21-9)3-20-25(16,17)23-26(18,19)22-24(13,14)15;1-4-5(2)10(4)9-8(13)7(12)6(3-11)14-9;/h4-9,13-14H,3H2,1-2H3;4-9,11-12H,3H2,1-2H3,(H,16,17)(H,18,19)(H2,13,14,15);4-9,11-13H,3H2,1-2H3;1H4. The lowest BCUT2D eigenvalue weighted by Gasteiger charge is -2.19. The Bertz CT molecular complexity index is 1580. The number of phosphoric ester groups is 1. The molecule has 6 heterocycles. The fourth-order valence-electron chi connectivity index (χ4n) is 6.97. The van der Waals surface area contributed by atoms with Crippen molar-refractivity contribution in [2.75, 3.05) is 19.8 Å². The third kappa shape index (κ3) is 13.8. The summed E-state index contributed by atoms with van der Waals surface area (Å²) in [6.45, 7) is 10.5. The van der Waals surface area contributed by atoms with E-state index in [1.807, 2.05) is 51.3 Å². The Balaban J connectivity index is 0.000000246. The van der Waals surface area contributed by atoms with E-state index in [1.165, 1.54) is 0 Å². The van der Waals surface area contributed by atoms with Crippen LogP contribution in [0, 0.1) is 0 Å². The van der Waals surface area contributed by atoms with Crippen LogP contribution in [-0.4, -0.2) is 200 Å². The summed E-state index contributed by atoms with van der Waals surface area (Å²) in [5.41, 5.74) is 0. The van der Waals surface area contributed by atoms with E-state index in [4.69, 9.17) is 61.0 Å². The number of hydrogen-bond acceptors (Lipinski definition) is 21. The average Bonchev–Trinajstić information content (AvgIpc) is 3.92. The second kappa shape index (κ2) is 20.4. The van der Waals surface area contributed by atoms with E-state index in [1.54, 1.807) is 4.90 Å². The van der Waals surface area contributed by atoms with Gasteiger partial charge in [0.25, 0.3) is 0 Å². The number of ether oxygens (including phenoxy) is 3. The third-order valence-corrected chi connectivity index (χ3v) is 15.8. The molecule has 0 bridgehead atoms. The second-order valence-corrected chi connectivity index (χ2v) is 23.4. The lowest BCUT2D eigenvalue weighted by molar-refractivity contribution is -0.0652. The molecule has 59 heavy (non-hydrogen) atoms. The lowest BCUT2D eigenvalue weighted by Crippen LogP contribution is -2.37. The first kappa shape index (κ1) is 54.0. The Kier molecular flexibility index (Phi) is 18.7. The highest BCUT2D eigenvalue weighted by molar-refractivity contribution is 8.05. The Morgan fingerprint density at radius 3 is 1.08 bits per heavy atom. The van der Waals surface area contributed by atoms with Crippen LogP contribution in [0.25, 0.3) is 0 Å². The molecule has 0 aromatic rings. The maximum absolute atomic E-state index is 11.6. The van der Waals surface area contributed by atoms with E-state index in [-0.39, 0.29) is 32.7 Å². The maximum Gasteiger partial charge on any atom is 0.490 e. The SMILES string of the molecule is C.CC1C(C)N1C1OC(CO)C(O)C1O.CC1C(C)N1C1OC(COP(=O)(Cl)Cl)C(O)C1O.CC1C(C)N1C1OC(COP(=O)(O)OP(=O)(O)OP(=O)(O)O)C(O)C1O. The lowest BCUT2D eigenvalue weighted by atomic mass is 10.1. The molecule has 0 radical (unpaired) electrons. The van der Waals surface area contributed by atoms with Crippen molar-refractivity contribution in [1.82, 2.24) is 14.7 Å². The minimum absolute atomic E-state index is 0. The summed E-state index contributed by atoms with van der Waals surface area (Å²) in [6, 6.07) is 1.53. The summed E-state index contributed by atoms with van der Waals surface area (Å²) in [5.74, 6) is 0. The fourth-order valence-corrected chi connectivity index (χ4v) is 10.7. The van der Waals surface area contributed by atoms with Crippen LogP contribution in [-0.2, 0) is 50.1 Å². The minimum Gasteiger partial charge on any atom is -0.394 e. The molecule has 0 saturated carbocycles. The highest BCUT2D eigenvalue weighted by Gasteiger charge is 2.57. The van der Waals surface area contributed by atoms with Gasteiger partial charge in [0.2, 0.25) is 0 Å². The number of aliphatic hydroxyl groups excluding tert-OH is 7. The van der Waals surface area contributed by atoms with E-state index in [9.17, 15) is 53.8 Å². The van der Waals surface area contributed by atoms with E-state index in [0.717, 1.165) is 0 Å². The highest BCUT2D eigenvalue weighted by Crippen LogP contribution is 2.66. The molecule has 11 N–H and O–H groups in total. The smallest absolute Gasteiger partial charge is 0.394 e. The first-order valence-corrected chi connectivity index (χ1v) is 25.8. The molecule has 350 valence electrons. The number of hydrogen-bond donors (Lipinski definition) is 11. The van der Waals surface area contributed by atoms with Crippen LogP contribution in [0.1, 0.15) is 49.0 Å². The summed E-state index contributed by atoms with van der Waals surface area (Å²) in [4.78, 5) is 40.9. The first-order valence-electron chi connectivity index (χ1n) is 17.8. The highest BCUT2D eigenvalue weighted by atomic mass is 35.9. The predicted molar refractivity (Wildman–Crippen MR) is 203 cm³/mol. The van der Waals surface area contributed by atoms with Crippen LogP contribution < -0.4 is 0 Å². The summed E-state index contributed by atoms with van der Waals surface area (Å²) < 4.78 is 76.8. The van der Waals surface area contributed by atoms with E-state index in [0.29, 0.717) is 24.2 Å². The Hall–Kier alpha value is 0.660. The molecule has 6 aliphatic rings. The van der Waals surface area contributed by atoms with Gasteiger partial charge in [-0.3, -0.25) is 23.8 Å². The monoisotopic (exact) mass is 981 g/mol. The zero-order chi connectivity index (χ0) is 44.2. The van der Waals surface area contributed by atoms with Crippen LogP contribution in [0.4, 0.5) is 0 Å². The van der Waals surface area contributed by atoms with Crippen LogP contribution in [0.5, 0.6) is 0 Å². The summed E-state index contributed by atoms with van der Waals surface area (Å²) in [6.07, 6.45) is -15.1. The van der Waals surface area contributed by atoms with Crippen molar-refractivity contribution < 1.29 is 105 Å². The summed E-state index contributed by atoms with van der Waals surface area (Å²) >= 11 is 10.5. The molecule has 0 aliphatic carbocycles. The quantitative estimate of drug-likeness (QED) is 0.0746. The first-order chi connectivity index (χ1) is 26.4. The number of halogens is 2. The van der Waals surface area contributed by atoms with Crippen molar-refractivity contribution in [3.63, 3.8) is 0 Å². The molecule has 25 nitrogen and oxygen atoms in total. The van der Waals surface area contributed by atoms with Crippen molar-refractivity contribution in [3.05, 3.63) is 0 Å². The van der Waals surface area contributed by atoms with Gasteiger partial charge in [-0.25, -0.2) is 13.7 Å². The number of rotatable bonds is 14. The molecule has 31 heteroatoms.